The van der Waals surface area contributed by atoms with Crippen molar-refractivity contribution in [1.82, 2.24) is 19.9 Å². The van der Waals surface area contributed by atoms with E-state index < -0.39 is 6.17 Å². The summed E-state index contributed by atoms with van der Waals surface area (Å²) >= 11 is 8.49. The van der Waals surface area contributed by atoms with Crippen LogP contribution in [0.2, 0.25) is 5.15 Å². The molecule has 1 aliphatic rings. The Bertz CT molecular complexity index is 1520. The summed E-state index contributed by atoms with van der Waals surface area (Å²) in [6, 6.07) is 16.9. The third-order valence-corrected chi connectivity index (χ3v) is 7.70. The molecule has 1 atom stereocenters. The summed E-state index contributed by atoms with van der Waals surface area (Å²) in [6.45, 7) is 5.51. The third kappa shape index (κ3) is 4.57. The summed E-state index contributed by atoms with van der Waals surface area (Å²) in [5.41, 5.74) is 3.41. The van der Waals surface area contributed by atoms with E-state index in [2.05, 4.69) is 11.9 Å². The van der Waals surface area contributed by atoms with Gasteiger partial charge in [-0.1, -0.05) is 73.5 Å². The van der Waals surface area contributed by atoms with Gasteiger partial charge >= 0.3 is 11.3 Å². The van der Waals surface area contributed by atoms with E-state index in [1.807, 2.05) is 61.5 Å². The number of benzene rings is 2. The lowest BCUT2D eigenvalue weighted by Crippen LogP contribution is -2.60. The highest BCUT2D eigenvalue weighted by Gasteiger charge is 2.47. The summed E-state index contributed by atoms with van der Waals surface area (Å²) in [6.07, 6.45) is 2.45. The highest BCUT2D eigenvalue weighted by molar-refractivity contribution is 7.99. The van der Waals surface area contributed by atoms with Crippen molar-refractivity contribution in [3.63, 3.8) is 0 Å². The Morgan fingerprint density at radius 1 is 1.14 bits per heavy atom. The van der Waals surface area contributed by atoms with Crippen LogP contribution < -0.4 is 15.1 Å². The quantitative estimate of drug-likeness (QED) is 0.203. The number of fused-ring (bicyclic) bond motifs is 3. The number of carbonyl (C=O) groups is 1. The topological polar surface area (TPSA) is 87.8 Å². The minimum absolute atomic E-state index is 0.197. The second-order valence-corrected chi connectivity index (χ2v) is 10.4. The Morgan fingerprint density at radius 2 is 1.86 bits per heavy atom. The SMILES string of the molecule is CCCCCSc1n[n+]2c(c(=O)[nH]1)-c1ccccc1N(C(C)=O)[C@@H]2c1c(C)nn(-c2ccccc2)c1Cl. The number of thioether (sulfide) groups is 1. The summed E-state index contributed by atoms with van der Waals surface area (Å²) in [5, 5.41) is 10.4. The lowest BCUT2D eigenvalue weighted by molar-refractivity contribution is -0.763. The third-order valence-electron chi connectivity index (χ3n) is 6.39. The molecule has 190 valence electrons. The van der Waals surface area contributed by atoms with E-state index in [1.54, 1.807) is 14.3 Å². The Hall–Kier alpha value is -3.43. The van der Waals surface area contributed by atoms with E-state index in [0.29, 0.717) is 38.5 Å². The number of aryl methyl sites for hydroxylation is 1. The van der Waals surface area contributed by atoms with E-state index in [0.717, 1.165) is 30.7 Å². The molecule has 1 N–H and O–H groups in total. The molecule has 0 radical (unpaired) electrons. The van der Waals surface area contributed by atoms with Crippen molar-refractivity contribution in [3.05, 3.63) is 81.4 Å². The molecule has 0 spiro atoms. The number of para-hydroxylation sites is 2. The smallest absolute Gasteiger partial charge is 0.291 e. The first kappa shape index (κ1) is 25.2. The van der Waals surface area contributed by atoms with Crippen molar-refractivity contribution in [2.45, 2.75) is 51.4 Å². The molecule has 0 aliphatic carbocycles. The molecule has 8 nitrogen and oxygen atoms in total. The van der Waals surface area contributed by atoms with Crippen LogP contribution in [0.15, 0.2) is 64.5 Å². The molecule has 1 amide bonds. The average Bonchev–Trinajstić information content (AvgIpc) is 3.19. The molecular formula is C27H28ClN6O2S+. The zero-order chi connectivity index (χ0) is 26.1. The van der Waals surface area contributed by atoms with Crippen LogP contribution in [0, 0.1) is 6.92 Å². The normalized spacial score (nSPS) is 14.4. The maximum atomic E-state index is 13.5. The van der Waals surface area contributed by atoms with E-state index in [9.17, 15) is 9.59 Å². The number of amides is 1. The van der Waals surface area contributed by atoms with E-state index in [-0.39, 0.29) is 11.5 Å². The molecular weight excluding hydrogens is 508 g/mol. The molecule has 0 saturated heterocycles. The molecule has 0 unspecified atom stereocenters. The number of aromatic nitrogens is 5. The molecule has 2 aromatic carbocycles. The number of H-pyrrole nitrogens is 1. The largest absolute Gasteiger partial charge is 0.325 e. The minimum Gasteiger partial charge on any atom is -0.291 e. The van der Waals surface area contributed by atoms with Gasteiger partial charge in [0.15, 0.2) is 0 Å². The van der Waals surface area contributed by atoms with E-state index >= 15 is 0 Å². The predicted octanol–water partition coefficient (Wildman–Crippen LogP) is 5.07. The molecule has 0 saturated carbocycles. The monoisotopic (exact) mass is 535 g/mol. The molecule has 2 aromatic heterocycles. The van der Waals surface area contributed by atoms with Crippen LogP contribution in [0.5, 0.6) is 0 Å². The Labute approximate surface area is 224 Å². The van der Waals surface area contributed by atoms with Gasteiger partial charge in [0.1, 0.15) is 10.7 Å². The Morgan fingerprint density at radius 3 is 2.59 bits per heavy atom. The number of unbranched alkanes of at least 4 members (excludes halogenated alkanes) is 2. The van der Waals surface area contributed by atoms with Crippen molar-refractivity contribution >= 4 is 35.0 Å². The van der Waals surface area contributed by atoms with Gasteiger partial charge in [-0.15, -0.1) is 0 Å². The molecule has 5 rings (SSSR count). The number of hydrogen-bond acceptors (Lipinski definition) is 5. The number of carbonyl (C=O) groups excluding carboxylic acids is 1. The fraction of sp³-hybridized carbons (Fsp3) is 0.296. The number of halogens is 1. The van der Waals surface area contributed by atoms with E-state index in [4.69, 9.17) is 21.8 Å². The number of anilines is 1. The number of rotatable bonds is 7. The molecule has 0 bridgehead atoms. The molecule has 3 heterocycles. The van der Waals surface area contributed by atoms with Crippen LogP contribution in [-0.4, -0.2) is 31.5 Å². The van der Waals surface area contributed by atoms with Crippen LogP contribution in [0.3, 0.4) is 0 Å². The van der Waals surface area contributed by atoms with Gasteiger partial charge in [0.2, 0.25) is 11.1 Å². The fourth-order valence-electron chi connectivity index (χ4n) is 4.70. The van der Waals surface area contributed by atoms with Gasteiger partial charge in [-0.3, -0.25) is 14.6 Å². The Kier molecular flexibility index (Phi) is 7.17. The maximum Gasteiger partial charge on any atom is 0.325 e. The standard InChI is InChI=1S/C27H27ClN6O2S/c1-4-5-11-16-37-27-29-25(36)23-20-14-9-10-15-21(20)32(18(3)35)26(34(23)31-27)22-17(2)30-33(24(22)28)19-12-7-6-8-13-19/h6-10,12-15,26H,4-5,11,16H2,1-3H3/p+1/t26-/m0/s1. The molecule has 37 heavy (non-hydrogen) atoms. The highest BCUT2D eigenvalue weighted by atomic mass is 35.5. The van der Waals surface area contributed by atoms with Crippen molar-refractivity contribution in [2.75, 3.05) is 10.7 Å². The summed E-state index contributed by atoms with van der Waals surface area (Å²) in [7, 11) is 0. The van der Waals surface area contributed by atoms with Crippen LogP contribution >= 0.6 is 23.4 Å². The van der Waals surface area contributed by atoms with E-state index in [1.165, 1.54) is 18.7 Å². The van der Waals surface area contributed by atoms with Crippen molar-refractivity contribution in [1.29, 1.82) is 0 Å². The lowest BCUT2D eigenvalue weighted by Gasteiger charge is -2.31. The van der Waals surface area contributed by atoms with Gasteiger partial charge < -0.3 is 0 Å². The highest BCUT2D eigenvalue weighted by Crippen LogP contribution is 2.40. The van der Waals surface area contributed by atoms with Crippen molar-refractivity contribution in [3.8, 4) is 16.9 Å². The fourth-order valence-corrected chi connectivity index (χ4v) is 5.93. The summed E-state index contributed by atoms with van der Waals surface area (Å²) < 4.78 is 3.29. The van der Waals surface area contributed by atoms with Gasteiger partial charge in [0.05, 0.1) is 22.6 Å². The van der Waals surface area contributed by atoms with Gasteiger partial charge in [-0.2, -0.15) is 5.10 Å². The van der Waals surface area contributed by atoms with Gasteiger partial charge in [0.25, 0.3) is 6.17 Å². The lowest BCUT2D eigenvalue weighted by atomic mass is 10.0. The number of nitrogens with one attached hydrogen (secondary N) is 1. The molecule has 10 heteroatoms. The molecule has 0 fully saturated rings. The summed E-state index contributed by atoms with van der Waals surface area (Å²) in [4.78, 5) is 31.3. The second-order valence-electron chi connectivity index (χ2n) is 8.93. The first-order chi connectivity index (χ1) is 17.9. The van der Waals surface area contributed by atoms with Crippen molar-refractivity contribution in [2.24, 2.45) is 0 Å². The number of nitrogens with zero attached hydrogens (tertiary/aromatic N) is 5. The summed E-state index contributed by atoms with van der Waals surface area (Å²) in [5.74, 6) is 0.636. The van der Waals surface area contributed by atoms with Gasteiger partial charge in [-0.05, 0) is 42.3 Å². The molecule has 1 aliphatic heterocycles. The molecule has 4 aromatic rings. The first-order valence-electron chi connectivity index (χ1n) is 12.3. The average molecular weight is 536 g/mol. The Balaban J connectivity index is 1.74. The van der Waals surface area contributed by atoms with Crippen LogP contribution in [-0.2, 0) is 4.79 Å². The minimum atomic E-state index is -0.787. The number of hydrogen-bond donors (Lipinski definition) is 1. The van der Waals surface area contributed by atoms with Crippen molar-refractivity contribution < 1.29 is 9.48 Å². The zero-order valence-corrected chi connectivity index (χ0v) is 22.5. The van der Waals surface area contributed by atoms with Gasteiger partial charge in [-0.25, -0.2) is 9.58 Å². The number of aromatic amines is 1. The first-order valence-corrected chi connectivity index (χ1v) is 13.7. The zero-order valence-electron chi connectivity index (χ0n) is 20.9. The maximum absolute atomic E-state index is 13.5. The van der Waals surface area contributed by atoms with Crippen LogP contribution in [0.4, 0.5) is 5.69 Å². The predicted molar refractivity (Wildman–Crippen MR) is 145 cm³/mol. The second kappa shape index (κ2) is 10.5. The van der Waals surface area contributed by atoms with Crippen LogP contribution in [0.25, 0.3) is 16.9 Å². The van der Waals surface area contributed by atoms with Crippen LogP contribution in [0.1, 0.15) is 50.5 Å². The van der Waals surface area contributed by atoms with Gasteiger partial charge in [0, 0.05) is 17.8 Å².